The summed E-state index contributed by atoms with van der Waals surface area (Å²) in [5.41, 5.74) is 0.690. The van der Waals surface area contributed by atoms with E-state index in [1.807, 2.05) is 35.2 Å². The quantitative estimate of drug-likeness (QED) is 0.562. The molecule has 1 aliphatic carbocycles. The van der Waals surface area contributed by atoms with Crippen LogP contribution >= 0.6 is 0 Å². The lowest BCUT2D eigenvalue weighted by molar-refractivity contribution is -0.105. The Labute approximate surface area is 182 Å². The minimum absolute atomic E-state index is 0.0197. The molecule has 0 radical (unpaired) electrons. The summed E-state index contributed by atoms with van der Waals surface area (Å²) in [4.78, 5) is 2.04. The van der Waals surface area contributed by atoms with Gasteiger partial charge in [-0.25, -0.2) is 8.78 Å². The fourth-order valence-corrected chi connectivity index (χ4v) is 5.75. The number of nitrogens with zero attached hydrogens (tertiary/aromatic N) is 1. The molecule has 2 nitrogen and oxygen atoms in total. The van der Waals surface area contributed by atoms with E-state index in [9.17, 15) is 13.9 Å². The monoisotopic (exact) mass is 421 g/mol. The number of halogens is 2. The van der Waals surface area contributed by atoms with Gasteiger partial charge in [-0.15, -0.1) is 0 Å². The van der Waals surface area contributed by atoms with Crippen LogP contribution in [0.4, 0.5) is 8.78 Å². The molecule has 1 saturated heterocycles. The predicted molar refractivity (Wildman–Crippen MR) is 120 cm³/mol. The number of hydrogen-bond donors (Lipinski definition) is 1. The fraction of sp³-hybridized carbons (Fsp3) is 0.769. The van der Waals surface area contributed by atoms with Crippen molar-refractivity contribution in [3.8, 4) is 0 Å². The van der Waals surface area contributed by atoms with Crippen LogP contribution in [0.5, 0.6) is 0 Å². The smallest absolute Gasteiger partial charge is 0.260 e. The van der Waals surface area contributed by atoms with Crippen LogP contribution in [0.3, 0.4) is 0 Å². The summed E-state index contributed by atoms with van der Waals surface area (Å²) in [5, 5.41) is 10.9. The molecule has 170 valence electrons. The van der Waals surface area contributed by atoms with Crippen LogP contribution in [0.25, 0.3) is 0 Å². The van der Waals surface area contributed by atoms with Crippen LogP contribution in [0.15, 0.2) is 30.3 Å². The number of aliphatic hydroxyl groups excluding tert-OH is 1. The normalized spacial score (nSPS) is 29.1. The minimum Gasteiger partial charge on any atom is -0.388 e. The van der Waals surface area contributed by atoms with Crippen molar-refractivity contribution in [2.75, 3.05) is 19.6 Å². The van der Waals surface area contributed by atoms with E-state index in [0.29, 0.717) is 11.8 Å². The van der Waals surface area contributed by atoms with Crippen LogP contribution in [-0.2, 0) is 0 Å². The van der Waals surface area contributed by atoms with Gasteiger partial charge in [-0.05, 0) is 53.4 Å². The first-order valence-corrected chi connectivity index (χ1v) is 11.7. The second-order valence-corrected chi connectivity index (χ2v) is 11.9. The maximum absolute atomic E-state index is 14.4. The van der Waals surface area contributed by atoms with Gasteiger partial charge in [0.25, 0.3) is 5.92 Å². The molecule has 4 atom stereocenters. The molecule has 0 aromatic heterocycles. The lowest BCUT2D eigenvalue weighted by Crippen LogP contribution is -2.51. The number of benzene rings is 1. The summed E-state index contributed by atoms with van der Waals surface area (Å²) in [5.74, 6) is -1.48. The Morgan fingerprint density at radius 3 is 2.33 bits per heavy atom. The van der Waals surface area contributed by atoms with E-state index < -0.39 is 12.0 Å². The highest BCUT2D eigenvalue weighted by Crippen LogP contribution is 2.45. The van der Waals surface area contributed by atoms with E-state index in [-0.39, 0.29) is 29.7 Å². The molecule has 0 amide bonds. The summed E-state index contributed by atoms with van der Waals surface area (Å²) >= 11 is 0. The van der Waals surface area contributed by atoms with Crippen molar-refractivity contribution in [2.24, 2.45) is 28.6 Å². The van der Waals surface area contributed by atoms with E-state index >= 15 is 0 Å². The van der Waals surface area contributed by atoms with E-state index in [0.717, 1.165) is 44.3 Å². The Bertz CT molecular complexity index is 682. The molecule has 2 aliphatic rings. The second kappa shape index (κ2) is 8.86. The minimum atomic E-state index is -2.57. The number of likely N-dealkylation sites (tertiary alicyclic amines) is 1. The van der Waals surface area contributed by atoms with E-state index in [2.05, 4.69) is 34.6 Å². The first kappa shape index (κ1) is 23.7. The first-order chi connectivity index (χ1) is 13.9. The molecule has 1 heterocycles. The summed E-state index contributed by atoms with van der Waals surface area (Å²) in [7, 11) is 0. The number of aliphatic hydroxyl groups is 1. The number of piperidine rings is 1. The second-order valence-electron chi connectivity index (χ2n) is 11.9. The molecule has 1 aromatic rings. The van der Waals surface area contributed by atoms with Crippen molar-refractivity contribution >= 4 is 0 Å². The molecule has 0 spiro atoms. The molecule has 2 fully saturated rings. The third-order valence-corrected chi connectivity index (χ3v) is 7.54. The zero-order valence-electron chi connectivity index (χ0n) is 19.5. The first-order valence-electron chi connectivity index (χ1n) is 11.7. The highest BCUT2D eigenvalue weighted by atomic mass is 19.3. The van der Waals surface area contributed by atoms with Gasteiger partial charge in [-0.3, -0.25) is 4.90 Å². The van der Waals surface area contributed by atoms with Crippen molar-refractivity contribution in [3.05, 3.63) is 35.9 Å². The third kappa shape index (κ3) is 6.03. The van der Waals surface area contributed by atoms with Crippen molar-refractivity contribution in [2.45, 2.75) is 78.7 Å². The average Bonchev–Trinajstić information content (AvgIpc) is 3.05. The van der Waals surface area contributed by atoms with Crippen molar-refractivity contribution in [1.82, 2.24) is 4.90 Å². The summed E-state index contributed by atoms with van der Waals surface area (Å²) < 4.78 is 28.8. The third-order valence-electron chi connectivity index (χ3n) is 7.54. The highest BCUT2D eigenvalue weighted by molar-refractivity contribution is 5.19. The maximum atomic E-state index is 14.4. The lowest BCUT2D eigenvalue weighted by atomic mass is 9.74. The van der Waals surface area contributed by atoms with Gasteiger partial charge >= 0.3 is 0 Å². The van der Waals surface area contributed by atoms with Gasteiger partial charge < -0.3 is 5.11 Å². The van der Waals surface area contributed by atoms with Crippen LogP contribution in [-0.4, -0.2) is 35.6 Å². The van der Waals surface area contributed by atoms with Gasteiger partial charge in [0.05, 0.1) is 12.6 Å². The Balaban J connectivity index is 1.55. The van der Waals surface area contributed by atoms with Gasteiger partial charge in [0.2, 0.25) is 0 Å². The summed E-state index contributed by atoms with van der Waals surface area (Å²) in [6.07, 6.45) is 3.86. The zero-order chi connectivity index (χ0) is 22.2. The number of hydrogen-bond acceptors (Lipinski definition) is 2. The molecular weight excluding hydrogens is 380 g/mol. The standard InChI is InChI=1S/C26H41F2NO/c1-24(2,3)22-15-26(27,28)18-29(17-22)16-20-12-11-19(13-20)14-25(4,5)23(30)21-9-7-6-8-10-21/h6-10,19-20,22-23,30H,11-18H2,1-5H3. The Morgan fingerprint density at radius 2 is 1.70 bits per heavy atom. The topological polar surface area (TPSA) is 23.5 Å². The lowest BCUT2D eigenvalue weighted by Gasteiger charge is -2.44. The SMILES string of the molecule is CC(C)(C)C1CN(CC2CCC(CC(C)(C)C(O)c3ccccc3)C2)CC(F)(F)C1. The van der Waals surface area contributed by atoms with Gasteiger partial charge in [0.1, 0.15) is 0 Å². The van der Waals surface area contributed by atoms with Crippen LogP contribution < -0.4 is 0 Å². The molecule has 3 rings (SSSR count). The Kier molecular flexibility index (Phi) is 6.99. The van der Waals surface area contributed by atoms with Crippen molar-refractivity contribution < 1.29 is 13.9 Å². The fourth-order valence-electron chi connectivity index (χ4n) is 5.75. The van der Waals surface area contributed by atoms with Gasteiger partial charge in [-0.2, -0.15) is 0 Å². The molecule has 4 unspecified atom stereocenters. The molecule has 1 aromatic carbocycles. The number of rotatable bonds is 6. The predicted octanol–water partition coefficient (Wildman–Crippen LogP) is 6.56. The van der Waals surface area contributed by atoms with Gasteiger partial charge in [0, 0.05) is 19.5 Å². The molecular formula is C26H41F2NO. The van der Waals surface area contributed by atoms with Crippen molar-refractivity contribution in [3.63, 3.8) is 0 Å². The molecule has 0 bridgehead atoms. The van der Waals surface area contributed by atoms with Crippen LogP contribution in [0.2, 0.25) is 0 Å². The molecule has 30 heavy (non-hydrogen) atoms. The zero-order valence-corrected chi connectivity index (χ0v) is 19.5. The maximum Gasteiger partial charge on any atom is 0.260 e. The Morgan fingerprint density at radius 1 is 1.07 bits per heavy atom. The average molecular weight is 422 g/mol. The molecule has 4 heteroatoms. The van der Waals surface area contributed by atoms with E-state index in [1.165, 1.54) is 0 Å². The summed E-state index contributed by atoms with van der Waals surface area (Å²) in [6, 6.07) is 9.90. The summed E-state index contributed by atoms with van der Waals surface area (Å²) in [6.45, 7) is 12.1. The van der Waals surface area contributed by atoms with Crippen LogP contribution in [0, 0.1) is 28.6 Å². The van der Waals surface area contributed by atoms with E-state index in [4.69, 9.17) is 0 Å². The highest BCUT2D eigenvalue weighted by Gasteiger charge is 2.45. The largest absolute Gasteiger partial charge is 0.388 e. The van der Waals surface area contributed by atoms with Crippen LogP contribution in [0.1, 0.15) is 78.4 Å². The van der Waals surface area contributed by atoms with E-state index in [1.54, 1.807) is 0 Å². The van der Waals surface area contributed by atoms with Gasteiger partial charge in [-0.1, -0.05) is 71.4 Å². The number of alkyl halides is 2. The van der Waals surface area contributed by atoms with Crippen molar-refractivity contribution in [1.29, 1.82) is 0 Å². The Hall–Kier alpha value is -1.00. The molecule has 1 aliphatic heterocycles. The molecule has 1 saturated carbocycles. The van der Waals surface area contributed by atoms with Gasteiger partial charge in [0.15, 0.2) is 0 Å². The molecule has 1 N–H and O–H groups in total.